The molecule has 1 aromatic carbocycles. The van der Waals surface area contributed by atoms with Gasteiger partial charge in [0.1, 0.15) is 5.82 Å². The number of benzene rings is 1. The average Bonchev–Trinajstić information content (AvgIpc) is 3.05. The number of aromatic amines is 1. The van der Waals surface area contributed by atoms with Gasteiger partial charge < -0.3 is 9.88 Å². The standard InChI is InChI=1S/C17H21N3O/c1-11(2)20-10-13(8-16(20)21)17-18-9-15(19-17)14-7-5-4-6-12(14)3/h4-7,9,11,13H,8,10H2,1-3H3,(H,18,19). The van der Waals surface area contributed by atoms with Gasteiger partial charge in [-0.15, -0.1) is 0 Å². The summed E-state index contributed by atoms with van der Waals surface area (Å²) in [4.78, 5) is 21.9. The largest absolute Gasteiger partial charge is 0.342 e. The van der Waals surface area contributed by atoms with E-state index in [1.165, 1.54) is 11.1 Å². The highest BCUT2D eigenvalue weighted by molar-refractivity contribution is 5.80. The van der Waals surface area contributed by atoms with Gasteiger partial charge in [-0.1, -0.05) is 24.3 Å². The van der Waals surface area contributed by atoms with Crippen LogP contribution in [0.4, 0.5) is 0 Å². The van der Waals surface area contributed by atoms with Crippen molar-refractivity contribution in [2.45, 2.75) is 39.2 Å². The highest BCUT2D eigenvalue weighted by Gasteiger charge is 2.33. The summed E-state index contributed by atoms with van der Waals surface area (Å²) in [6.45, 7) is 6.97. The van der Waals surface area contributed by atoms with Gasteiger partial charge in [0.15, 0.2) is 0 Å². The van der Waals surface area contributed by atoms with Gasteiger partial charge in [0, 0.05) is 30.5 Å². The Hall–Kier alpha value is -2.10. The van der Waals surface area contributed by atoms with Gasteiger partial charge >= 0.3 is 0 Å². The lowest BCUT2D eigenvalue weighted by Crippen LogP contribution is -2.31. The van der Waals surface area contributed by atoms with Crippen molar-refractivity contribution in [2.24, 2.45) is 0 Å². The minimum atomic E-state index is 0.178. The molecule has 1 N–H and O–H groups in total. The van der Waals surface area contributed by atoms with Crippen LogP contribution in [0.25, 0.3) is 11.3 Å². The molecular weight excluding hydrogens is 262 g/mol. The predicted octanol–water partition coefficient (Wildman–Crippen LogP) is 3.11. The number of amides is 1. The Bertz CT molecular complexity index is 660. The fraction of sp³-hybridized carbons (Fsp3) is 0.412. The zero-order valence-corrected chi connectivity index (χ0v) is 12.8. The molecule has 1 unspecified atom stereocenters. The van der Waals surface area contributed by atoms with Crippen molar-refractivity contribution in [3.63, 3.8) is 0 Å². The minimum absolute atomic E-state index is 0.178. The van der Waals surface area contributed by atoms with E-state index in [0.717, 1.165) is 18.1 Å². The van der Waals surface area contributed by atoms with E-state index in [1.54, 1.807) is 0 Å². The normalized spacial score (nSPS) is 18.8. The number of likely N-dealkylation sites (tertiary alicyclic amines) is 1. The first-order valence-corrected chi connectivity index (χ1v) is 7.46. The lowest BCUT2D eigenvalue weighted by Gasteiger charge is -2.20. The molecule has 1 aliphatic heterocycles. The van der Waals surface area contributed by atoms with Crippen LogP contribution in [0.5, 0.6) is 0 Å². The SMILES string of the molecule is Cc1ccccc1-c1cnc(C2CC(=O)N(C(C)C)C2)[nH]1. The molecule has 2 heterocycles. The second-order valence-electron chi connectivity index (χ2n) is 6.04. The first-order chi connectivity index (χ1) is 10.1. The monoisotopic (exact) mass is 283 g/mol. The van der Waals surface area contributed by atoms with E-state index in [0.29, 0.717) is 6.42 Å². The number of H-pyrrole nitrogens is 1. The maximum absolute atomic E-state index is 12.0. The molecular formula is C17H21N3O. The number of carbonyl (C=O) groups excluding carboxylic acids is 1. The van der Waals surface area contributed by atoms with Crippen molar-refractivity contribution < 1.29 is 4.79 Å². The van der Waals surface area contributed by atoms with Crippen LogP contribution in [0.2, 0.25) is 0 Å². The van der Waals surface area contributed by atoms with Crippen LogP contribution in [0.3, 0.4) is 0 Å². The van der Waals surface area contributed by atoms with Gasteiger partial charge in [-0.2, -0.15) is 0 Å². The Morgan fingerprint density at radius 3 is 2.76 bits per heavy atom. The van der Waals surface area contributed by atoms with Crippen LogP contribution in [-0.4, -0.2) is 33.4 Å². The van der Waals surface area contributed by atoms with E-state index in [1.807, 2.05) is 23.2 Å². The van der Waals surface area contributed by atoms with Crippen molar-refractivity contribution in [2.75, 3.05) is 6.54 Å². The molecule has 1 atom stereocenters. The van der Waals surface area contributed by atoms with Crippen LogP contribution in [-0.2, 0) is 4.79 Å². The number of aromatic nitrogens is 2. The van der Waals surface area contributed by atoms with Gasteiger partial charge in [0.25, 0.3) is 0 Å². The number of hydrogen-bond donors (Lipinski definition) is 1. The molecule has 110 valence electrons. The molecule has 2 aromatic rings. The molecule has 1 amide bonds. The summed E-state index contributed by atoms with van der Waals surface area (Å²) in [5.41, 5.74) is 3.42. The molecule has 0 spiro atoms. The van der Waals surface area contributed by atoms with Crippen LogP contribution in [0, 0.1) is 6.92 Å². The highest BCUT2D eigenvalue weighted by Crippen LogP contribution is 2.29. The van der Waals surface area contributed by atoms with Gasteiger partial charge in [0.05, 0.1) is 11.9 Å². The molecule has 0 bridgehead atoms. The van der Waals surface area contributed by atoms with Crippen molar-refractivity contribution >= 4 is 5.91 Å². The number of hydrogen-bond acceptors (Lipinski definition) is 2. The Morgan fingerprint density at radius 2 is 2.10 bits per heavy atom. The van der Waals surface area contributed by atoms with Gasteiger partial charge in [-0.3, -0.25) is 4.79 Å². The first kappa shape index (κ1) is 13.9. The van der Waals surface area contributed by atoms with E-state index in [2.05, 4.69) is 42.9 Å². The Balaban J connectivity index is 1.84. The summed E-state index contributed by atoms with van der Waals surface area (Å²) < 4.78 is 0. The molecule has 1 fully saturated rings. The third-order valence-corrected chi connectivity index (χ3v) is 4.20. The van der Waals surface area contributed by atoms with E-state index in [9.17, 15) is 4.79 Å². The van der Waals surface area contributed by atoms with Crippen molar-refractivity contribution in [3.05, 3.63) is 41.9 Å². The lowest BCUT2D eigenvalue weighted by atomic mass is 10.1. The van der Waals surface area contributed by atoms with Crippen LogP contribution in [0.15, 0.2) is 30.5 Å². The number of imidazole rings is 1. The summed E-state index contributed by atoms with van der Waals surface area (Å²) >= 11 is 0. The summed E-state index contributed by atoms with van der Waals surface area (Å²) in [6.07, 6.45) is 2.43. The zero-order valence-electron chi connectivity index (χ0n) is 12.8. The molecule has 0 saturated carbocycles. The van der Waals surface area contributed by atoms with Crippen molar-refractivity contribution in [1.29, 1.82) is 0 Å². The molecule has 0 radical (unpaired) electrons. The minimum Gasteiger partial charge on any atom is -0.342 e. The fourth-order valence-corrected chi connectivity index (χ4v) is 2.97. The summed E-state index contributed by atoms with van der Waals surface area (Å²) in [5, 5.41) is 0. The van der Waals surface area contributed by atoms with Gasteiger partial charge in [-0.05, 0) is 26.3 Å². The number of aryl methyl sites for hydroxylation is 1. The smallest absolute Gasteiger partial charge is 0.223 e. The second kappa shape index (κ2) is 5.35. The van der Waals surface area contributed by atoms with E-state index in [4.69, 9.17) is 0 Å². The summed E-state index contributed by atoms with van der Waals surface area (Å²) in [6, 6.07) is 8.50. The average molecular weight is 283 g/mol. The van der Waals surface area contributed by atoms with Gasteiger partial charge in [-0.25, -0.2) is 4.98 Å². The Morgan fingerprint density at radius 1 is 1.33 bits per heavy atom. The maximum atomic E-state index is 12.0. The molecule has 21 heavy (non-hydrogen) atoms. The Labute approximate surface area is 125 Å². The van der Waals surface area contributed by atoms with Crippen molar-refractivity contribution in [3.8, 4) is 11.3 Å². The molecule has 4 nitrogen and oxygen atoms in total. The zero-order chi connectivity index (χ0) is 15.0. The summed E-state index contributed by atoms with van der Waals surface area (Å²) in [7, 11) is 0. The topological polar surface area (TPSA) is 49.0 Å². The lowest BCUT2D eigenvalue weighted by molar-refractivity contribution is -0.129. The van der Waals surface area contributed by atoms with Crippen LogP contribution in [0.1, 0.15) is 37.6 Å². The molecule has 0 aliphatic carbocycles. The quantitative estimate of drug-likeness (QED) is 0.941. The van der Waals surface area contributed by atoms with E-state index >= 15 is 0 Å². The number of rotatable bonds is 3. The number of carbonyl (C=O) groups is 1. The molecule has 1 aromatic heterocycles. The summed E-state index contributed by atoms with van der Waals surface area (Å²) in [5.74, 6) is 1.33. The van der Waals surface area contributed by atoms with Crippen molar-refractivity contribution in [1.82, 2.24) is 14.9 Å². The fourth-order valence-electron chi connectivity index (χ4n) is 2.97. The third kappa shape index (κ3) is 2.58. The number of nitrogens with one attached hydrogen (secondary N) is 1. The van der Waals surface area contributed by atoms with E-state index in [-0.39, 0.29) is 17.9 Å². The predicted molar refractivity (Wildman–Crippen MR) is 83.0 cm³/mol. The second-order valence-corrected chi connectivity index (χ2v) is 6.04. The third-order valence-electron chi connectivity index (χ3n) is 4.20. The Kier molecular flexibility index (Phi) is 3.53. The highest BCUT2D eigenvalue weighted by atomic mass is 16.2. The molecule has 3 rings (SSSR count). The van der Waals surface area contributed by atoms with Crippen LogP contribution >= 0.6 is 0 Å². The molecule has 1 saturated heterocycles. The van der Waals surface area contributed by atoms with E-state index < -0.39 is 0 Å². The number of nitrogens with zero attached hydrogens (tertiary/aromatic N) is 2. The molecule has 1 aliphatic rings. The molecule has 4 heteroatoms. The van der Waals surface area contributed by atoms with Crippen LogP contribution < -0.4 is 0 Å². The first-order valence-electron chi connectivity index (χ1n) is 7.46. The maximum Gasteiger partial charge on any atom is 0.223 e. The van der Waals surface area contributed by atoms with Gasteiger partial charge in [0.2, 0.25) is 5.91 Å².